The molecule has 1 atom stereocenters. The smallest absolute Gasteiger partial charge is 0.411 e. The summed E-state index contributed by atoms with van der Waals surface area (Å²) < 4.78 is 10.7. The lowest BCUT2D eigenvalue weighted by molar-refractivity contribution is -0.127. The minimum atomic E-state index is -0.809. The van der Waals surface area contributed by atoms with E-state index in [-0.39, 0.29) is 25.0 Å². The zero-order valence-corrected chi connectivity index (χ0v) is 17.0. The van der Waals surface area contributed by atoms with E-state index in [1.807, 2.05) is 6.92 Å². The molecule has 2 aromatic carbocycles. The zero-order valence-electron chi connectivity index (χ0n) is 17.0. The maximum Gasteiger partial charge on any atom is 0.411 e. The van der Waals surface area contributed by atoms with Crippen molar-refractivity contribution >= 4 is 29.3 Å². The third kappa shape index (κ3) is 4.89. The molecule has 0 bridgehead atoms. The number of hydrogen-bond donors (Lipinski definition) is 2. The highest BCUT2D eigenvalue weighted by Gasteiger charge is 2.34. The second kappa shape index (κ2) is 9.78. The van der Waals surface area contributed by atoms with Crippen LogP contribution in [0.15, 0.2) is 48.5 Å². The van der Waals surface area contributed by atoms with E-state index in [1.54, 1.807) is 55.5 Å². The Morgan fingerprint density at radius 3 is 2.70 bits per heavy atom. The summed E-state index contributed by atoms with van der Waals surface area (Å²) in [5.74, 6) is -0.0945. The van der Waals surface area contributed by atoms with E-state index in [4.69, 9.17) is 9.47 Å². The van der Waals surface area contributed by atoms with Gasteiger partial charge in [0.25, 0.3) is 11.8 Å². The minimum Gasteiger partial charge on any atom is -0.477 e. The SMILES string of the molecule is CCCNC(=O)[C@@H]1CN(C(=O)c2cccc(NC(=O)OCC)c2)c2ccccc2O1. The van der Waals surface area contributed by atoms with Crippen molar-refractivity contribution in [1.29, 1.82) is 0 Å². The van der Waals surface area contributed by atoms with Crippen LogP contribution in [0.1, 0.15) is 30.6 Å². The summed E-state index contributed by atoms with van der Waals surface area (Å²) >= 11 is 0. The summed E-state index contributed by atoms with van der Waals surface area (Å²) in [6.07, 6.45) is -0.597. The van der Waals surface area contributed by atoms with Crippen molar-refractivity contribution in [1.82, 2.24) is 5.32 Å². The van der Waals surface area contributed by atoms with Crippen LogP contribution in [-0.2, 0) is 9.53 Å². The fraction of sp³-hybridized carbons (Fsp3) is 0.318. The lowest BCUT2D eigenvalue weighted by Gasteiger charge is -2.34. The van der Waals surface area contributed by atoms with Gasteiger partial charge in [-0.25, -0.2) is 4.79 Å². The molecule has 8 heteroatoms. The lowest BCUT2D eigenvalue weighted by atomic mass is 10.1. The number of carbonyl (C=O) groups excluding carboxylic acids is 3. The molecule has 0 fully saturated rings. The summed E-state index contributed by atoms with van der Waals surface area (Å²) in [4.78, 5) is 39.0. The van der Waals surface area contributed by atoms with Gasteiger partial charge in [-0.1, -0.05) is 25.1 Å². The Morgan fingerprint density at radius 1 is 1.13 bits per heavy atom. The van der Waals surface area contributed by atoms with Crippen LogP contribution in [0, 0.1) is 0 Å². The third-order valence-electron chi connectivity index (χ3n) is 4.49. The van der Waals surface area contributed by atoms with Gasteiger partial charge in [0.15, 0.2) is 6.10 Å². The molecule has 0 saturated carbocycles. The van der Waals surface area contributed by atoms with Gasteiger partial charge < -0.3 is 19.7 Å². The molecule has 30 heavy (non-hydrogen) atoms. The number of anilines is 2. The minimum absolute atomic E-state index is 0.0843. The van der Waals surface area contributed by atoms with E-state index < -0.39 is 12.2 Å². The molecule has 0 aliphatic carbocycles. The van der Waals surface area contributed by atoms with Crippen molar-refractivity contribution in [2.24, 2.45) is 0 Å². The van der Waals surface area contributed by atoms with E-state index in [0.717, 1.165) is 6.42 Å². The maximum atomic E-state index is 13.3. The van der Waals surface area contributed by atoms with Crippen LogP contribution in [0.5, 0.6) is 5.75 Å². The highest BCUT2D eigenvalue weighted by atomic mass is 16.5. The van der Waals surface area contributed by atoms with Crippen LogP contribution in [-0.4, -0.2) is 43.7 Å². The van der Waals surface area contributed by atoms with Crippen LogP contribution in [0.25, 0.3) is 0 Å². The van der Waals surface area contributed by atoms with Crippen LogP contribution < -0.4 is 20.3 Å². The molecule has 2 aromatic rings. The highest BCUT2D eigenvalue weighted by molar-refractivity contribution is 6.08. The summed E-state index contributed by atoms with van der Waals surface area (Å²) in [5, 5.41) is 5.40. The van der Waals surface area contributed by atoms with Crippen LogP contribution in [0.3, 0.4) is 0 Å². The first-order chi connectivity index (χ1) is 14.5. The monoisotopic (exact) mass is 411 g/mol. The van der Waals surface area contributed by atoms with Crippen molar-refractivity contribution in [3.63, 3.8) is 0 Å². The van der Waals surface area contributed by atoms with E-state index >= 15 is 0 Å². The van der Waals surface area contributed by atoms with Crippen molar-refractivity contribution in [3.8, 4) is 5.75 Å². The van der Waals surface area contributed by atoms with Gasteiger partial charge >= 0.3 is 6.09 Å². The highest BCUT2D eigenvalue weighted by Crippen LogP contribution is 2.34. The summed E-state index contributed by atoms with van der Waals surface area (Å²) in [6, 6.07) is 13.7. The fourth-order valence-corrected chi connectivity index (χ4v) is 3.10. The van der Waals surface area contributed by atoms with Gasteiger partial charge in [0.05, 0.1) is 18.8 Å². The van der Waals surface area contributed by atoms with Gasteiger partial charge in [0.1, 0.15) is 5.75 Å². The van der Waals surface area contributed by atoms with E-state index in [2.05, 4.69) is 10.6 Å². The van der Waals surface area contributed by atoms with Gasteiger partial charge in [0.2, 0.25) is 0 Å². The summed E-state index contributed by atoms with van der Waals surface area (Å²) in [6.45, 7) is 4.54. The normalized spacial score (nSPS) is 14.9. The van der Waals surface area contributed by atoms with Crippen molar-refractivity contribution < 1.29 is 23.9 Å². The number of para-hydroxylation sites is 2. The molecule has 0 unspecified atom stereocenters. The molecule has 8 nitrogen and oxygen atoms in total. The van der Waals surface area contributed by atoms with Gasteiger partial charge in [0, 0.05) is 17.8 Å². The van der Waals surface area contributed by atoms with Crippen molar-refractivity contribution in [2.45, 2.75) is 26.4 Å². The Balaban J connectivity index is 1.85. The molecule has 158 valence electrons. The molecule has 1 aliphatic heterocycles. The van der Waals surface area contributed by atoms with E-state index in [9.17, 15) is 14.4 Å². The van der Waals surface area contributed by atoms with E-state index in [1.165, 1.54) is 4.90 Å². The van der Waals surface area contributed by atoms with Crippen molar-refractivity contribution in [3.05, 3.63) is 54.1 Å². The first kappa shape index (κ1) is 21.2. The molecule has 0 aromatic heterocycles. The maximum absolute atomic E-state index is 13.3. The molecule has 0 saturated heterocycles. The van der Waals surface area contributed by atoms with E-state index in [0.29, 0.717) is 29.2 Å². The fourth-order valence-electron chi connectivity index (χ4n) is 3.10. The molecule has 1 heterocycles. The quantitative estimate of drug-likeness (QED) is 0.761. The number of benzene rings is 2. The first-order valence-electron chi connectivity index (χ1n) is 9.92. The number of rotatable bonds is 6. The molecule has 3 amide bonds. The van der Waals surface area contributed by atoms with Gasteiger partial charge in [-0.3, -0.25) is 14.9 Å². The van der Waals surface area contributed by atoms with Gasteiger partial charge in [-0.15, -0.1) is 0 Å². The number of nitrogens with one attached hydrogen (secondary N) is 2. The van der Waals surface area contributed by atoms with Gasteiger partial charge in [-0.2, -0.15) is 0 Å². The number of hydrogen-bond acceptors (Lipinski definition) is 5. The Kier molecular flexibility index (Phi) is 6.90. The number of amides is 3. The number of ether oxygens (including phenoxy) is 2. The van der Waals surface area contributed by atoms with Crippen LogP contribution in [0.4, 0.5) is 16.2 Å². The molecule has 2 N–H and O–H groups in total. The molecule has 1 aliphatic rings. The molecule has 3 rings (SSSR count). The predicted octanol–water partition coefficient (Wildman–Crippen LogP) is 3.19. The molecular formula is C22H25N3O5. The average Bonchev–Trinajstić information content (AvgIpc) is 2.76. The average molecular weight is 411 g/mol. The van der Waals surface area contributed by atoms with Crippen molar-refractivity contribution in [2.75, 3.05) is 29.9 Å². The Hall–Kier alpha value is -3.55. The number of fused-ring (bicyclic) bond motifs is 1. The molecule has 0 spiro atoms. The Labute approximate surface area is 175 Å². The zero-order chi connectivity index (χ0) is 21.5. The Bertz CT molecular complexity index is 930. The van der Waals surface area contributed by atoms with Crippen LogP contribution >= 0.6 is 0 Å². The summed E-state index contributed by atoms with van der Waals surface area (Å²) in [7, 11) is 0. The second-order valence-electron chi connectivity index (χ2n) is 6.71. The largest absolute Gasteiger partial charge is 0.477 e. The number of carbonyl (C=O) groups is 3. The lowest BCUT2D eigenvalue weighted by Crippen LogP contribution is -2.50. The first-order valence-corrected chi connectivity index (χ1v) is 9.92. The Morgan fingerprint density at radius 2 is 1.93 bits per heavy atom. The van der Waals surface area contributed by atoms with Gasteiger partial charge in [-0.05, 0) is 43.7 Å². The standard InChI is InChI=1S/C22H25N3O5/c1-3-12-23-20(26)19-14-25(17-10-5-6-11-18(17)30-19)21(27)15-8-7-9-16(13-15)24-22(28)29-4-2/h5-11,13,19H,3-4,12,14H2,1-2H3,(H,23,26)(H,24,28)/t19-/m0/s1. The molecule has 0 radical (unpaired) electrons. The summed E-state index contributed by atoms with van der Waals surface area (Å²) in [5.41, 5.74) is 1.40. The number of nitrogens with zero attached hydrogens (tertiary/aromatic N) is 1. The predicted molar refractivity (Wildman–Crippen MR) is 113 cm³/mol. The second-order valence-corrected chi connectivity index (χ2v) is 6.71. The third-order valence-corrected chi connectivity index (χ3v) is 4.49. The topological polar surface area (TPSA) is 97.0 Å². The van der Waals surface area contributed by atoms with Crippen LogP contribution in [0.2, 0.25) is 0 Å². The molecular weight excluding hydrogens is 386 g/mol.